The number of carbonyl (C=O) groups is 1. The van der Waals surface area contributed by atoms with Crippen molar-refractivity contribution in [3.8, 4) is 5.75 Å². The van der Waals surface area contributed by atoms with E-state index in [0.29, 0.717) is 10.8 Å². The lowest BCUT2D eigenvalue weighted by Gasteiger charge is -2.08. The first-order valence-corrected chi connectivity index (χ1v) is 11.1. The Morgan fingerprint density at radius 1 is 1.23 bits per heavy atom. The average Bonchev–Trinajstić information content (AvgIpc) is 3.09. The van der Waals surface area contributed by atoms with E-state index >= 15 is 0 Å². The van der Waals surface area contributed by atoms with E-state index in [9.17, 15) is 9.18 Å². The molecule has 0 fully saturated rings. The van der Waals surface area contributed by atoms with Gasteiger partial charge in [-0.15, -0.1) is 10.2 Å². The van der Waals surface area contributed by atoms with Crippen LogP contribution in [0.25, 0.3) is 0 Å². The van der Waals surface area contributed by atoms with Crippen LogP contribution in [0, 0.1) is 12.7 Å². The zero-order valence-electron chi connectivity index (χ0n) is 17.6. The van der Waals surface area contributed by atoms with Gasteiger partial charge in [-0.3, -0.25) is 4.79 Å². The molecule has 164 valence electrons. The van der Waals surface area contributed by atoms with Crippen LogP contribution in [0.4, 0.5) is 10.1 Å². The third-order valence-corrected chi connectivity index (χ3v) is 6.10. The highest BCUT2D eigenvalue weighted by Crippen LogP contribution is 2.22. The van der Waals surface area contributed by atoms with Crippen molar-refractivity contribution in [1.82, 2.24) is 14.8 Å². The fourth-order valence-corrected chi connectivity index (χ4v) is 4.05. The van der Waals surface area contributed by atoms with Gasteiger partial charge in [-0.25, -0.2) is 4.39 Å². The van der Waals surface area contributed by atoms with Crippen LogP contribution in [0.3, 0.4) is 0 Å². The number of thioether (sulfide) groups is 1. The Balaban J connectivity index is 1.48. The summed E-state index contributed by atoms with van der Waals surface area (Å²) in [6, 6.07) is 10.3. The summed E-state index contributed by atoms with van der Waals surface area (Å²) in [5, 5.41) is 11.8. The smallest absolute Gasteiger partial charge is 0.234 e. The molecule has 0 bridgehead atoms. The SMILES string of the molecule is COc1ccc(CCCc2nnc(SCC(=O)Nc3ccc(F)c(Cl)c3)n2C)cc1C. The van der Waals surface area contributed by atoms with Crippen molar-refractivity contribution in [3.63, 3.8) is 0 Å². The third kappa shape index (κ3) is 6.21. The van der Waals surface area contributed by atoms with Gasteiger partial charge in [0.15, 0.2) is 5.16 Å². The predicted molar refractivity (Wildman–Crippen MR) is 122 cm³/mol. The summed E-state index contributed by atoms with van der Waals surface area (Å²) >= 11 is 7.03. The van der Waals surface area contributed by atoms with Crippen molar-refractivity contribution in [3.05, 3.63) is 64.2 Å². The van der Waals surface area contributed by atoms with E-state index in [-0.39, 0.29) is 16.7 Å². The number of ether oxygens (including phenoxy) is 1. The highest BCUT2D eigenvalue weighted by Gasteiger charge is 2.12. The minimum atomic E-state index is -0.525. The molecule has 3 aromatic rings. The number of benzene rings is 2. The molecule has 0 unspecified atom stereocenters. The molecule has 2 aromatic carbocycles. The first kappa shape index (κ1) is 23.1. The van der Waals surface area contributed by atoms with E-state index in [1.54, 1.807) is 7.11 Å². The van der Waals surface area contributed by atoms with Gasteiger partial charge in [-0.2, -0.15) is 0 Å². The van der Waals surface area contributed by atoms with Crippen molar-refractivity contribution < 1.29 is 13.9 Å². The number of nitrogens with zero attached hydrogens (tertiary/aromatic N) is 3. The molecular formula is C22H24ClFN4O2S. The maximum atomic E-state index is 13.2. The molecule has 1 heterocycles. The van der Waals surface area contributed by atoms with Crippen molar-refractivity contribution in [2.75, 3.05) is 18.2 Å². The molecule has 0 atom stereocenters. The second-order valence-electron chi connectivity index (χ2n) is 7.08. The maximum absolute atomic E-state index is 13.2. The number of amides is 1. The average molecular weight is 463 g/mol. The highest BCUT2D eigenvalue weighted by atomic mass is 35.5. The Morgan fingerprint density at radius 2 is 2.03 bits per heavy atom. The van der Waals surface area contributed by atoms with Gasteiger partial charge in [-0.1, -0.05) is 35.5 Å². The van der Waals surface area contributed by atoms with Crippen LogP contribution in [0.1, 0.15) is 23.4 Å². The van der Waals surface area contributed by atoms with Crippen molar-refractivity contribution in [2.24, 2.45) is 7.05 Å². The lowest BCUT2D eigenvalue weighted by Crippen LogP contribution is -2.14. The van der Waals surface area contributed by atoms with E-state index in [0.717, 1.165) is 36.4 Å². The number of hydrogen-bond donors (Lipinski definition) is 1. The second kappa shape index (κ2) is 10.6. The molecule has 6 nitrogen and oxygen atoms in total. The van der Waals surface area contributed by atoms with Crippen LogP contribution in [0.15, 0.2) is 41.6 Å². The van der Waals surface area contributed by atoms with Gasteiger partial charge in [-0.05, 0) is 55.2 Å². The Kier molecular flexibility index (Phi) is 7.92. The van der Waals surface area contributed by atoms with Gasteiger partial charge in [0.2, 0.25) is 5.91 Å². The van der Waals surface area contributed by atoms with Gasteiger partial charge in [0, 0.05) is 19.2 Å². The van der Waals surface area contributed by atoms with Crippen molar-refractivity contribution >= 4 is 35.0 Å². The molecule has 1 N–H and O–H groups in total. The van der Waals surface area contributed by atoms with Crippen molar-refractivity contribution in [2.45, 2.75) is 31.3 Å². The summed E-state index contributed by atoms with van der Waals surface area (Å²) < 4.78 is 20.4. The Bertz CT molecular complexity index is 1070. The topological polar surface area (TPSA) is 69.0 Å². The molecule has 3 rings (SSSR count). The van der Waals surface area contributed by atoms with Gasteiger partial charge < -0.3 is 14.6 Å². The lowest BCUT2D eigenvalue weighted by atomic mass is 10.0. The van der Waals surface area contributed by atoms with Gasteiger partial charge in [0.05, 0.1) is 17.9 Å². The summed E-state index contributed by atoms with van der Waals surface area (Å²) in [4.78, 5) is 12.2. The molecule has 0 aliphatic heterocycles. The van der Waals surface area contributed by atoms with Crippen LogP contribution in [0.2, 0.25) is 5.02 Å². The second-order valence-corrected chi connectivity index (χ2v) is 8.43. The van der Waals surface area contributed by atoms with Gasteiger partial charge in [0.1, 0.15) is 17.4 Å². The van der Waals surface area contributed by atoms with E-state index in [2.05, 4.69) is 27.6 Å². The van der Waals surface area contributed by atoms with E-state index in [1.165, 1.54) is 35.5 Å². The van der Waals surface area contributed by atoms with E-state index < -0.39 is 5.82 Å². The van der Waals surface area contributed by atoms with Gasteiger partial charge >= 0.3 is 0 Å². The molecule has 0 aliphatic carbocycles. The van der Waals surface area contributed by atoms with Crippen molar-refractivity contribution in [1.29, 1.82) is 0 Å². The lowest BCUT2D eigenvalue weighted by molar-refractivity contribution is -0.113. The molecule has 31 heavy (non-hydrogen) atoms. The Morgan fingerprint density at radius 3 is 2.74 bits per heavy atom. The molecule has 0 radical (unpaired) electrons. The monoisotopic (exact) mass is 462 g/mol. The fourth-order valence-electron chi connectivity index (χ4n) is 3.14. The van der Waals surface area contributed by atoms with Crippen LogP contribution < -0.4 is 10.1 Å². The zero-order valence-corrected chi connectivity index (χ0v) is 19.2. The molecule has 1 aromatic heterocycles. The van der Waals surface area contributed by atoms with E-state index in [1.807, 2.05) is 24.6 Å². The highest BCUT2D eigenvalue weighted by molar-refractivity contribution is 7.99. The molecular weight excluding hydrogens is 439 g/mol. The number of methoxy groups -OCH3 is 1. The molecule has 0 aliphatic rings. The number of nitrogens with one attached hydrogen (secondary N) is 1. The number of aryl methyl sites for hydroxylation is 3. The Hall–Kier alpha value is -2.58. The van der Waals surface area contributed by atoms with Crippen LogP contribution in [-0.4, -0.2) is 33.5 Å². The molecule has 1 amide bonds. The molecule has 0 spiro atoms. The number of hydrogen-bond acceptors (Lipinski definition) is 5. The fraction of sp³-hybridized carbons (Fsp3) is 0.318. The predicted octanol–water partition coefficient (Wildman–Crippen LogP) is 4.83. The van der Waals surface area contributed by atoms with E-state index in [4.69, 9.17) is 16.3 Å². The van der Waals surface area contributed by atoms with Crippen LogP contribution in [0.5, 0.6) is 5.75 Å². The first-order chi connectivity index (χ1) is 14.9. The quantitative estimate of drug-likeness (QED) is 0.461. The standard InChI is InChI=1S/C22H24ClFN4O2S/c1-14-11-15(7-10-19(14)30-3)5-4-6-20-26-27-22(28(20)2)31-13-21(29)25-16-8-9-18(24)17(23)12-16/h7-12H,4-6,13H2,1-3H3,(H,25,29). The summed E-state index contributed by atoms with van der Waals surface area (Å²) in [5.74, 6) is 1.17. The van der Waals surface area contributed by atoms with Crippen LogP contribution >= 0.6 is 23.4 Å². The Labute approximate surface area is 190 Å². The first-order valence-electron chi connectivity index (χ1n) is 9.77. The number of rotatable bonds is 9. The summed E-state index contributed by atoms with van der Waals surface area (Å²) in [7, 11) is 3.57. The largest absolute Gasteiger partial charge is 0.496 e. The molecule has 9 heteroatoms. The minimum Gasteiger partial charge on any atom is -0.496 e. The summed E-state index contributed by atoms with van der Waals surface area (Å²) in [6.45, 7) is 2.04. The summed E-state index contributed by atoms with van der Waals surface area (Å²) in [5.41, 5.74) is 2.83. The maximum Gasteiger partial charge on any atom is 0.234 e. The number of halogens is 2. The molecule has 0 saturated carbocycles. The molecule has 0 saturated heterocycles. The third-order valence-electron chi connectivity index (χ3n) is 4.79. The van der Waals surface area contributed by atoms with Crippen LogP contribution in [-0.2, 0) is 24.7 Å². The summed E-state index contributed by atoms with van der Waals surface area (Å²) in [6.07, 6.45) is 2.66. The zero-order chi connectivity index (χ0) is 22.4. The number of aromatic nitrogens is 3. The normalized spacial score (nSPS) is 10.9. The van der Waals surface area contributed by atoms with Gasteiger partial charge in [0.25, 0.3) is 0 Å². The number of anilines is 1. The number of carbonyl (C=O) groups excluding carboxylic acids is 1. The minimum absolute atomic E-state index is 0.0341.